The first-order valence-corrected chi connectivity index (χ1v) is 8.12. The summed E-state index contributed by atoms with van der Waals surface area (Å²) in [5, 5.41) is 0.352. The summed E-state index contributed by atoms with van der Waals surface area (Å²) < 4.78 is 5.19. The Balaban J connectivity index is 1.92. The lowest BCUT2D eigenvalue weighted by Crippen LogP contribution is -2.35. The Kier molecular flexibility index (Phi) is 4.54. The van der Waals surface area contributed by atoms with E-state index in [0.29, 0.717) is 11.3 Å². The highest BCUT2D eigenvalue weighted by Crippen LogP contribution is 2.32. The van der Waals surface area contributed by atoms with Gasteiger partial charge in [0.05, 0.1) is 40.4 Å². The lowest BCUT2D eigenvalue weighted by Gasteiger charge is -2.14. The van der Waals surface area contributed by atoms with Crippen molar-refractivity contribution in [2.24, 2.45) is 0 Å². The lowest BCUT2D eigenvalue weighted by atomic mass is 10.1. The molecule has 0 aromatic heterocycles. The minimum atomic E-state index is -0.571. The molecule has 0 radical (unpaired) electrons. The molecule has 25 heavy (non-hydrogen) atoms. The number of fused-ring (bicyclic) bond motifs is 1. The van der Waals surface area contributed by atoms with Crippen LogP contribution in [0.4, 0.5) is 0 Å². The van der Waals surface area contributed by atoms with Crippen molar-refractivity contribution in [1.82, 2.24) is 4.90 Å². The van der Waals surface area contributed by atoms with Gasteiger partial charge in [0.15, 0.2) is 5.78 Å². The van der Waals surface area contributed by atoms with Gasteiger partial charge in [-0.25, -0.2) is 0 Å². The lowest BCUT2D eigenvalue weighted by molar-refractivity contribution is 0.0623. The standard InChI is InChI=1S/C18H13Cl2NO4/c1-9-3-4-16(25-2)12(5-9)15(22)8-21-17(23)10-6-13(19)14(20)7-11(10)18(21)24/h3-7H,8H2,1-2H3. The van der Waals surface area contributed by atoms with Gasteiger partial charge in [-0.2, -0.15) is 0 Å². The van der Waals surface area contributed by atoms with Crippen LogP contribution >= 0.6 is 23.2 Å². The number of hydrogen-bond donors (Lipinski definition) is 0. The SMILES string of the molecule is COc1ccc(C)cc1C(=O)CN1C(=O)c2cc(Cl)c(Cl)cc2C1=O. The number of amides is 2. The van der Waals surface area contributed by atoms with Crippen LogP contribution in [0.2, 0.25) is 10.0 Å². The van der Waals surface area contributed by atoms with E-state index in [1.165, 1.54) is 19.2 Å². The van der Waals surface area contributed by atoms with E-state index in [1.54, 1.807) is 12.1 Å². The predicted molar refractivity (Wildman–Crippen MR) is 93.9 cm³/mol. The van der Waals surface area contributed by atoms with Crippen LogP contribution in [-0.2, 0) is 0 Å². The highest BCUT2D eigenvalue weighted by molar-refractivity contribution is 6.43. The first kappa shape index (κ1) is 17.5. The predicted octanol–water partition coefficient (Wildman–Crippen LogP) is 3.79. The molecule has 7 heteroatoms. The van der Waals surface area contributed by atoms with Crippen molar-refractivity contribution >= 4 is 40.8 Å². The van der Waals surface area contributed by atoms with Crippen LogP contribution in [0.3, 0.4) is 0 Å². The number of benzene rings is 2. The Bertz CT molecular complexity index is 883. The molecule has 0 saturated carbocycles. The van der Waals surface area contributed by atoms with Crippen molar-refractivity contribution in [3.8, 4) is 5.75 Å². The number of hydrogen-bond acceptors (Lipinski definition) is 4. The Hall–Kier alpha value is -2.37. The molecule has 0 atom stereocenters. The van der Waals surface area contributed by atoms with Crippen LogP contribution in [0.5, 0.6) is 5.75 Å². The van der Waals surface area contributed by atoms with Gasteiger partial charge < -0.3 is 4.74 Å². The number of rotatable bonds is 4. The molecule has 0 fully saturated rings. The molecule has 0 spiro atoms. The highest BCUT2D eigenvalue weighted by atomic mass is 35.5. The maximum Gasteiger partial charge on any atom is 0.262 e. The number of carbonyl (C=O) groups excluding carboxylic acids is 3. The number of carbonyl (C=O) groups is 3. The number of aryl methyl sites for hydroxylation is 1. The highest BCUT2D eigenvalue weighted by Gasteiger charge is 2.37. The smallest absolute Gasteiger partial charge is 0.262 e. The zero-order valence-electron chi connectivity index (χ0n) is 13.4. The molecule has 128 valence electrons. The van der Waals surface area contributed by atoms with Crippen molar-refractivity contribution in [3.63, 3.8) is 0 Å². The second-order valence-electron chi connectivity index (χ2n) is 5.64. The number of methoxy groups -OCH3 is 1. The third-order valence-corrected chi connectivity index (χ3v) is 4.69. The van der Waals surface area contributed by atoms with Gasteiger partial charge in [0.2, 0.25) is 0 Å². The van der Waals surface area contributed by atoms with Crippen LogP contribution in [0, 0.1) is 6.92 Å². The molecule has 2 amide bonds. The summed E-state index contributed by atoms with van der Waals surface area (Å²) in [5.41, 5.74) is 1.46. The van der Waals surface area contributed by atoms with Crippen LogP contribution in [0.25, 0.3) is 0 Å². The quantitative estimate of drug-likeness (QED) is 0.600. The summed E-state index contributed by atoms with van der Waals surface area (Å²) in [5.74, 6) is -1.15. The Morgan fingerprint density at radius 3 is 2.12 bits per heavy atom. The molecule has 1 aliphatic rings. The topological polar surface area (TPSA) is 63.7 Å². The van der Waals surface area contributed by atoms with Crippen molar-refractivity contribution in [2.45, 2.75) is 6.92 Å². The van der Waals surface area contributed by atoms with Gasteiger partial charge in [-0.15, -0.1) is 0 Å². The van der Waals surface area contributed by atoms with E-state index in [1.807, 2.05) is 13.0 Å². The molecule has 0 N–H and O–H groups in total. The summed E-state index contributed by atoms with van der Waals surface area (Å²) in [6.07, 6.45) is 0. The fourth-order valence-corrected chi connectivity index (χ4v) is 3.02. The van der Waals surface area contributed by atoms with Crippen molar-refractivity contribution in [3.05, 3.63) is 62.6 Å². The third kappa shape index (κ3) is 3.01. The average molecular weight is 378 g/mol. The second kappa shape index (κ2) is 6.50. The number of ketones is 1. The van der Waals surface area contributed by atoms with Crippen molar-refractivity contribution in [1.29, 1.82) is 0 Å². The molecule has 0 bridgehead atoms. The molecular weight excluding hydrogens is 365 g/mol. The molecule has 1 heterocycles. The number of Topliss-reactive ketones (excluding diaryl/α,β-unsaturated/α-hetero) is 1. The van der Waals surface area contributed by atoms with E-state index in [0.717, 1.165) is 10.5 Å². The Morgan fingerprint density at radius 1 is 1.04 bits per heavy atom. The molecular formula is C18H13Cl2NO4. The van der Waals surface area contributed by atoms with Gasteiger partial charge >= 0.3 is 0 Å². The van der Waals surface area contributed by atoms with Crippen molar-refractivity contribution < 1.29 is 19.1 Å². The van der Waals surface area contributed by atoms with Crippen LogP contribution in [0.15, 0.2) is 30.3 Å². The van der Waals surface area contributed by atoms with Gasteiger partial charge in [0, 0.05) is 0 Å². The van der Waals surface area contributed by atoms with Crippen LogP contribution in [0.1, 0.15) is 36.6 Å². The van der Waals surface area contributed by atoms with Gasteiger partial charge in [0.25, 0.3) is 11.8 Å². The van der Waals surface area contributed by atoms with Crippen molar-refractivity contribution in [2.75, 3.05) is 13.7 Å². The average Bonchev–Trinajstić information content (AvgIpc) is 2.80. The van der Waals surface area contributed by atoms with E-state index in [-0.39, 0.29) is 27.7 Å². The van der Waals surface area contributed by atoms with E-state index in [4.69, 9.17) is 27.9 Å². The number of ether oxygens (including phenoxy) is 1. The summed E-state index contributed by atoms with van der Waals surface area (Å²) in [6.45, 7) is 1.45. The molecule has 2 aromatic carbocycles. The zero-order chi connectivity index (χ0) is 18.3. The normalized spacial score (nSPS) is 13.2. The molecule has 0 saturated heterocycles. The maximum absolute atomic E-state index is 12.6. The molecule has 5 nitrogen and oxygen atoms in total. The number of halogens is 2. The maximum atomic E-state index is 12.6. The minimum absolute atomic E-state index is 0.142. The summed E-state index contributed by atoms with van der Waals surface area (Å²) in [4.78, 5) is 38.5. The summed E-state index contributed by atoms with van der Waals surface area (Å²) in [7, 11) is 1.45. The summed E-state index contributed by atoms with van der Waals surface area (Å²) in [6, 6.07) is 7.83. The molecule has 3 rings (SSSR count). The first-order chi connectivity index (χ1) is 11.8. The fourth-order valence-electron chi connectivity index (χ4n) is 2.70. The molecule has 0 aliphatic carbocycles. The minimum Gasteiger partial charge on any atom is -0.496 e. The number of nitrogens with zero attached hydrogens (tertiary/aromatic N) is 1. The number of imide groups is 1. The zero-order valence-corrected chi connectivity index (χ0v) is 14.9. The van der Waals surface area contributed by atoms with Gasteiger partial charge in [-0.1, -0.05) is 34.8 Å². The van der Waals surface area contributed by atoms with E-state index >= 15 is 0 Å². The van der Waals surface area contributed by atoms with E-state index < -0.39 is 17.6 Å². The van der Waals surface area contributed by atoms with Crippen LogP contribution in [-0.4, -0.2) is 36.2 Å². The first-order valence-electron chi connectivity index (χ1n) is 7.36. The molecule has 1 aliphatic heterocycles. The largest absolute Gasteiger partial charge is 0.496 e. The van der Waals surface area contributed by atoms with Crippen LogP contribution < -0.4 is 4.74 Å². The van der Waals surface area contributed by atoms with Gasteiger partial charge in [0.1, 0.15) is 5.75 Å². The van der Waals surface area contributed by atoms with E-state index in [9.17, 15) is 14.4 Å². The monoisotopic (exact) mass is 377 g/mol. The van der Waals surface area contributed by atoms with Gasteiger partial charge in [-0.05, 0) is 31.2 Å². The Morgan fingerprint density at radius 2 is 1.60 bits per heavy atom. The molecule has 0 unspecified atom stereocenters. The molecule has 2 aromatic rings. The Labute approximate surface area is 154 Å². The van der Waals surface area contributed by atoms with E-state index in [2.05, 4.69) is 0 Å². The summed E-state index contributed by atoms with van der Waals surface area (Å²) >= 11 is 11.8. The van der Waals surface area contributed by atoms with Gasteiger partial charge in [-0.3, -0.25) is 19.3 Å². The third-order valence-electron chi connectivity index (χ3n) is 3.97. The second-order valence-corrected chi connectivity index (χ2v) is 6.45. The fraction of sp³-hybridized carbons (Fsp3) is 0.167.